The van der Waals surface area contributed by atoms with E-state index < -0.39 is 0 Å². The Bertz CT molecular complexity index is 1830. The summed E-state index contributed by atoms with van der Waals surface area (Å²) in [5.74, 6) is 2.18. The zero-order valence-electron chi connectivity index (χ0n) is 28.7. The molecule has 0 atom stereocenters. The molecule has 13 nitrogen and oxygen atoms in total. The number of piperazine rings is 1. The summed E-state index contributed by atoms with van der Waals surface area (Å²) >= 11 is 1.66. The number of aromatic nitrogens is 5. The molecule has 7 rings (SSSR count). The predicted octanol–water partition coefficient (Wildman–Crippen LogP) is 5.21. The highest BCUT2D eigenvalue weighted by Crippen LogP contribution is 2.44. The number of ether oxygens (including phenoxy) is 1. The topological polar surface area (TPSA) is 134 Å². The minimum Gasteiger partial charge on any atom is -0.479 e. The van der Waals surface area contributed by atoms with Crippen LogP contribution in [0.3, 0.4) is 0 Å². The summed E-state index contributed by atoms with van der Waals surface area (Å²) in [7, 11) is 3.84. The lowest BCUT2D eigenvalue weighted by Crippen LogP contribution is -2.52. The minimum absolute atomic E-state index is 0.326. The fraction of sp³-hybridized carbons (Fsp3) is 0.486. The van der Waals surface area contributed by atoms with Crippen LogP contribution in [0.1, 0.15) is 43.7 Å². The van der Waals surface area contributed by atoms with Crippen LogP contribution in [0.2, 0.25) is 0 Å². The van der Waals surface area contributed by atoms with Crippen LogP contribution in [0.25, 0.3) is 11.0 Å². The number of hydrogen-bond acceptors (Lipinski definition) is 14. The van der Waals surface area contributed by atoms with Crippen molar-refractivity contribution in [3.05, 3.63) is 47.9 Å². The summed E-state index contributed by atoms with van der Waals surface area (Å²) < 4.78 is 8.09. The number of pyridine rings is 1. The van der Waals surface area contributed by atoms with Gasteiger partial charge in [0.2, 0.25) is 11.8 Å². The summed E-state index contributed by atoms with van der Waals surface area (Å²) in [5, 5.41) is 16.8. The van der Waals surface area contributed by atoms with Crippen molar-refractivity contribution in [3.63, 3.8) is 0 Å². The molecule has 1 aromatic carbocycles. The molecule has 1 aliphatic carbocycles. The van der Waals surface area contributed by atoms with Crippen molar-refractivity contribution in [2.24, 2.45) is 0 Å². The number of nitrogens with one attached hydrogen (secondary N) is 2. The smallest absolute Gasteiger partial charge is 0.239 e. The van der Waals surface area contributed by atoms with E-state index in [2.05, 4.69) is 77.0 Å². The molecule has 2 saturated heterocycles. The molecule has 0 unspecified atom stereocenters. The van der Waals surface area contributed by atoms with Gasteiger partial charge < -0.3 is 29.5 Å². The Kier molecular flexibility index (Phi) is 9.84. The molecule has 0 radical (unpaired) electrons. The van der Waals surface area contributed by atoms with Crippen molar-refractivity contribution in [2.75, 3.05) is 79.5 Å². The van der Waals surface area contributed by atoms with Gasteiger partial charge in [-0.25, -0.2) is 4.98 Å². The first-order valence-corrected chi connectivity index (χ1v) is 18.3. The summed E-state index contributed by atoms with van der Waals surface area (Å²) in [6.45, 7) is 8.68. The molecule has 49 heavy (non-hydrogen) atoms. The van der Waals surface area contributed by atoms with E-state index in [1.165, 1.54) is 6.20 Å². The Hall–Kier alpha value is -4.45. The van der Waals surface area contributed by atoms with Gasteiger partial charge in [0.1, 0.15) is 28.7 Å². The maximum absolute atomic E-state index is 10.0. The number of nitriles is 1. The maximum Gasteiger partial charge on any atom is 0.239 e. The van der Waals surface area contributed by atoms with Crippen LogP contribution >= 0.6 is 11.9 Å². The highest BCUT2D eigenvalue weighted by atomic mass is 32.2. The van der Waals surface area contributed by atoms with Gasteiger partial charge >= 0.3 is 0 Å². The molecule has 5 heterocycles. The number of nitrogens with zero attached hydrogens (tertiary/aromatic N) is 10. The van der Waals surface area contributed by atoms with E-state index in [1.807, 2.05) is 12.1 Å². The minimum atomic E-state index is 0.326. The number of benzene rings is 1. The van der Waals surface area contributed by atoms with E-state index in [9.17, 15) is 5.26 Å². The van der Waals surface area contributed by atoms with Crippen LogP contribution in [-0.4, -0.2) is 106 Å². The Labute approximate surface area is 292 Å². The first-order chi connectivity index (χ1) is 24.0. The molecular weight excluding hydrogens is 637 g/mol. The second-order valence-electron chi connectivity index (χ2n) is 12.9. The molecule has 14 heteroatoms. The van der Waals surface area contributed by atoms with E-state index in [4.69, 9.17) is 14.7 Å². The molecular formula is C35H44N12OS. The van der Waals surface area contributed by atoms with Crippen molar-refractivity contribution in [1.29, 1.82) is 5.26 Å². The molecule has 3 aliphatic rings. The van der Waals surface area contributed by atoms with Gasteiger partial charge in [-0.2, -0.15) is 15.2 Å². The lowest BCUT2D eigenvalue weighted by molar-refractivity contribution is 0.0981. The SMILES string of the molecule is CCc1cc(Nc2ncc(C#N)c(Nc3ccc4nccnc4c3N(SC)C3CC3)n2)c(OC)nc1N1CCC(N2CCN(C)CC2)CC1. The molecule has 0 spiro atoms. The Morgan fingerprint density at radius 1 is 0.980 bits per heavy atom. The Balaban J connectivity index is 1.13. The number of fused-ring (bicyclic) bond motifs is 1. The van der Waals surface area contributed by atoms with Crippen LogP contribution < -0.4 is 24.6 Å². The first kappa shape index (κ1) is 33.1. The number of anilines is 6. The Morgan fingerprint density at radius 2 is 1.76 bits per heavy atom. The van der Waals surface area contributed by atoms with Gasteiger partial charge in [-0.15, -0.1) is 0 Å². The lowest BCUT2D eigenvalue weighted by atomic mass is 10.0. The average molecular weight is 681 g/mol. The number of piperidine rings is 1. The lowest BCUT2D eigenvalue weighted by Gasteiger charge is -2.42. The summed E-state index contributed by atoms with van der Waals surface area (Å²) in [6, 6.07) is 9.29. The van der Waals surface area contributed by atoms with E-state index in [0.29, 0.717) is 41.0 Å². The molecule has 3 fully saturated rings. The van der Waals surface area contributed by atoms with Gasteiger partial charge in [-0.05, 0) is 62.9 Å². The van der Waals surface area contributed by atoms with Crippen molar-refractivity contribution in [1.82, 2.24) is 34.7 Å². The van der Waals surface area contributed by atoms with Crippen molar-refractivity contribution >= 4 is 57.6 Å². The maximum atomic E-state index is 10.0. The molecule has 0 bridgehead atoms. The molecule has 256 valence electrons. The normalized spacial score (nSPS) is 17.6. The first-order valence-electron chi connectivity index (χ1n) is 17.1. The number of likely N-dealkylation sites (N-methyl/N-ethyl adjacent to an activating group) is 1. The fourth-order valence-electron chi connectivity index (χ4n) is 6.88. The predicted molar refractivity (Wildman–Crippen MR) is 196 cm³/mol. The van der Waals surface area contributed by atoms with Crippen LogP contribution in [0.4, 0.5) is 34.6 Å². The van der Waals surface area contributed by atoms with Crippen LogP contribution in [0.15, 0.2) is 36.8 Å². The second-order valence-corrected chi connectivity index (χ2v) is 13.6. The van der Waals surface area contributed by atoms with Gasteiger partial charge in [0.15, 0.2) is 5.82 Å². The average Bonchev–Trinajstić information content (AvgIpc) is 3.98. The number of hydrogen-bond donors (Lipinski definition) is 2. The highest BCUT2D eigenvalue weighted by molar-refractivity contribution is 8.00. The third kappa shape index (κ3) is 7.01. The molecule has 1 saturated carbocycles. The number of methoxy groups -OCH3 is 1. The second kappa shape index (κ2) is 14.6. The highest BCUT2D eigenvalue weighted by Gasteiger charge is 2.33. The summed E-state index contributed by atoms with van der Waals surface area (Å²) in [4.78, 5) is 31.0. The molecule has 4 aromatic rings. The Morgan fingerprint density at radius 3 is 2.45 bits per heavy atom. The number of rotatable bonds is 11. The third-order valence-corrected chi connectivity index (χ3v) is 10.6. The largest absolute Gasteiger partial charge is 0.479 e. The summed E-state index contributed by atoms with van der Waals surface area (Å²) in [6.07, 6.45) is 12.3. The molecule has 3 aromatic heterocycles. The fourth-order valence-corrected chi connectivity index (χ4v) is 7.76. The van der Waals surface area contributed by atoms with Crippen molar-refractivity contribution < 1.29 is 4.74 Å². The van der Waals surface area contributed by atoms with Gasteiger partial charge in [-0.1, -0.05) is 18.9 Å². The quantitative estimate of drug-likeness (QED) is 0.201. The van der Waals surface area contributed by atoms with E-state index >= 15 is 0 Å². The summed E-state index contributed by atoms with van der Waals surface area (Å²) in [5.41, 5.74) is 5.46. The van der Waals surface area contributed by atoms with Gasteiger partial charge in [-0.3, -0.25) is 14.9 Å². The van der Waals surface area contributed by atoms with Gasteiger partial charge in [0.25, 0.3) is 0 Å². The van der Waals surface area contributed by atoms with Crippen LogP contribution in [0, 0.1) is 11.3 Å². The van der Waals surface area contributed by atoms with Crippen molar-refractivity contribution in [2.45, 2.75) is 51.1 Å². The molecule has 0 amide bonds. The third-order valence-electron chi connectivity index (χ3n) is 9.75. The van der Waals surface area contributed by atoms with Crippen molar-refractivity contribution in [3.8, 4) is 11.9 Å². The van der Waals surface area contributed by atoms with Gasteiger partial charge in [0.05, 0.1) is 30.2 Å². The molecule has 2 aliphatic heterocycles. The van der Waals surface area contributed by atoms with Gasteiger partial charge in [0, 0.05) is 70.0 Å². The standard InChI is InChI=1S/C35H44N12OS/c1-5-23-20-29(34(48-3)43-33(23)46-14-10-25(11-15-46)45-18-16-44(2)17-19-45)41-35-39-22-24(21-36)32(42-35)40-28-9-8-27-30(38-13-12-37-27)31(28)47(49-4)26-6-7-26/h8-9,12-13,20,22,25-26H,5-7,10-11,14-19H2,1-4H3,(H2,39,40,41,42). The molecule has 2 N–H and O–H groups in total. The van der Waals surface area contributed by atoms with Crippen LogP contribution in [-0.2, 0) is 6.42 Å². The van der Waals surface area contributed by atoms with E-state index in [-0.39, 0.29) is 0 Å². The monoisotopic (exact) mass is 680 g/mol. The van der Waals surface area contributed by atoms with E-state index in [1.54, 1.807) is 31.5 Å². The number of aryl methyl sites for hydroxylation is 1. The van der Waals surface area contributed by atoms with Crippen LogP contribution in [0.5, 0.6) is 5.88 Å². The van der Waals surface area contributed by atoms with E-state index in [0.717, 1.165) is 105 Å². The zero-order chi connectivity index (χ0) is 33.9. The zero-order valence-corrected chi connectivity index (χ0v) is 29.5.